The molecule has 31 heavy (non-hydrogen) atoms. The quantitative estimate of drug-likeness (QED) is 0.683. The van der Waals surface area contributed by atoms with E-state index in [-0.39, 0.29) is 23.7 Å². The lowest BCUT2D eigenvalue weighted by molar-refractivity contribution is -0.0592. The van der Waals surface area contributed by atoms with Gasteiger partial charge in [-0.1, -0.05) is 0 Å². The zero-order chi connectivity index (χ0) is 22.5. The van der Waals surface area contributed by atoms with Crippen LogP contribution in [0.2, 0.25) is 0 Å². The summed E-state index contributed by atoms with van der Waals surface area (Å²) in [5.74, 6) is 2.23. The maximum atomic E-state index is 13.0. The molecule has 0 radical (unpaired) electrons. The molecule has 2 aromatic rings. The fraction of sp³-hybridized carbons (Fsp3) is 0.577. The molecular weight excluding hydrogens is 390 g/mol. The standard InChI is InChI=1S/C26H35NO4/c1-15-13-27(14-16(2)29-15)25(28)23-9-8-20(30-23)12-22-17(3)18(4)24-21(19(22)5)10-11-26(6,7)31-24/h8-9,15-16H,10-14H2,1-7H3. The van der Waals surface area contributed by atoms with Crippen molar-refractivity contribution in [3.63, 3.8) is 0 Å². The first-order valence-corrected chi connectivity index (χ1v) is 11.4. The maximum absolute atomic E-state index is 13.0. The van der Waals surface area contributed by atoms with Gasteiger partial charge in [-0.05, 0) is 101 Å². The molecule has 0 spiro atoms. The van der Waals surface area contributed by atoms with Gasteiger partial charge in [-0.2, -0.15) is 0 Å². The van der Waals surface area contributed by atoms with Gasteiger partial charge in [-0.25, -0.2) is 0 Å². The van der Waals surface area contributed by atoms with Crippen molar-refractivity contribution in [2.75, 3.05) is 13.1 Å². The Morgan fingerprint density at radius 1 is 1.06 bits per heavy atom. The molecule has 0 bridgehead atoms. The van der Waals surface area contributed by atoms with Gasteiger partial charge in [0.25, 0.3) is 5.91 Å². The van der Waals surface area contributed by atoms with Gasteiger partial charge in [0, 0.05) is 19.5 Å². The predicted molar refractivity (Wildman–Crippen MR) is 121 cm³/mol. The van der Waals surface area contributed by atoms with E-state index in [9.17, 15) is 4.79 Å². The SMILES string of the molecule is Cc1c(C)c2c(c(C)c1Cc1ccc(C(=O)N3CC(C)OC(C)C3)o1)CCC(C)(C)O2. The number of furan rings is 1. The van der Waals surface area contributed by atoms with Crippen LogP contribution in [0.3, 0.4) is 0 Å². The highest BCUT2D eigenvalue weighted by molar-refractivity contribution is 5.91. The van der Waals surface area contributed by atoms with Crippen molar-refractivity contribution < 1.29 is 18.7 Å². The molecule has 2 aliphatic heterocycles. The number of carbonyl (C=O) groups is 1. The Morgan fingerprint density at radius 2 is 1.74 bits per heavy atom. The minimum absolute atomic E-state index is 0.0399. The average molecular weight is 426 g/mol. The van der Waals surface area contributed by atoms with Crippen LogP contribution in [-0.2, 0) is 17.6 Å². The van der Waals surface area contributed by atoms with Gasteiger partial charge in [0.15, 0.2) is 5.76 Å². The van der Waals surface area contributed by atoms with Crippen molar-refractivity contribution in [2.45, 2.75) is 85.5 Å². The molecule has 2 atom stereocenters. The summed E-state index contributed by atoms with van der Waals surface area (Å²) in [5.41, 5.74) is 6.21. The highest BCUT2D eigenvalue weighted by Crippen LogP contribution is 2.41. The summed E-state index contributed by atoms with van der Waals surface area (Å²) in [6.45, 7) is 16.0. The number of fused-ring (bicyclic) bond motifs is 1. The van der Waals surface area contributed by atoms with Crippen LogP contribution in [0.5, 0.6) is 5.75 Å². The topological polar surface area (TPSA) is 51.9 Å². The number of hydrogen-bond acceptors (Lipinski definition) is 4. The van der Waals surface area contributed by atoms with Crippen molar-refractivity contribution >= 4 is 5.91 Å². The van der Waals surface area contributed by atoms with E-state index in [0.29, 0.717) is 25.3 Å². The van der Waals surface area contributed by atoms with Crippen LogP contribution in [0.1, 0.15) is 78.2 Å². The third-order valence-electron chi connectivity index (χ3n) is 6.82. The molecule has 5 nitrogen and oxygen atoms in total. The van der Waals surface area contributed by atoms with Crippen molar-refractivity contribution in [2.24, 2.45) is 0 Å². The first kappa shape index (κ1) is 21.9. The molecule has 0 aliphatic carbocycles. The number of amides is 1. The van der Waals surface area contributed by atoms with Crippen LogP contribution in [0.25, 0.3) is 0 Å². The Kier molecular flexibility index (Phi) is 5.67. The molecule has 4 rings (SSSR count). The van der Waals surface area contributed by atoms with Gasteiger partial charge >= 0.3 is 0 Å². The fourth-order valence-corrected chi connectivity index (χ4v) is 4.98. The van der Waals surface area contributed by atoms with Crippen molar-refractivity contribution in [1.82, 2.24) is 4.90 Å². The normalized spacial score (nSPS) is 22.7. The highest BCUT2D eigenvalue weighted by Gasteiger charge is 2.31. The maximum Gasteiger partial charge on any atom is 0.289 e. The molecule has 2 unspecified atom stereocenters. The van der Waals surface area contributed by atoms with Crippen LogP contribution >= 0.6 is 0 Å². The molecule has 0 N–H and O–H groups in total. The van der Waals surface area contributed by atoms with E-state index in [1.807, 2.05) is 30.9 Å². The summed E-state index contributed by atoms with van der Waals surface area (Å²) < 4.78 is 18.1. The lowest BCUT2D eigenvalue weighted by Gasteiger charge is -2.36. The second-order valence-electron chi connectivity index (χ2n) is 9.93. The Labute approximate surface area is 185 Å². The van der Waals surface area contributed by atoms with E-state index >= 15 is 0 Å². The Hall–Kier alpha value is -2.27. The minimum atomic E-state index is -0.122. The van der Waals surface area contributed by atoms with Gasteiger partial charge in [0.1, 0.15) is 17.1 Å². The van der Waals surface area contributed by atoms with Gasteiger partial charge in [0.2, 0.25) is 0 Å². The zero-order valence-electron chi connectivity index (χ0n) is 19.9. The third kappa shape index (κ3) is 4.25. The Balaban J connectivity index is 1.58. The first-order chi connectivity index (χ1) is 14.6. The van der Waals surface area contributed by atoms with Gasteiger partial charge in [-0.15, -0.1) is 0 Å². The Morgan fingerprint density at radius 3 is 2.42 bits per heavy atom. The van der Waals surface area contributed by atoms with Crippen LogP contribution in [-0.4, -0.2) is 41.7 Å². The molecule has 1 saturated heterocycles. The van der Waals surface area contributed by atoms with Crippen LogP contribution < -0.4 is 4.74 Å². The average Bonchev–Trinajstić information content (AvgIpc) is 3.16. The van der Waals surface area contributed by atoms with Gasteiger partial charge in [0.05, 0.1) is 12.2 Å². The van der Waals surface area contributed by atoms with E-state index in [2.05, 4.69) is 34.6 Å². The number of rotatable bonds is 3. The molecule has 1 amide bonds. The third-order valence-corrected chi connectivity index (χ3v) is 6.82. The van der Waals surface area contributed by atoms with Crippen LogP contribution in [0.15, 0.2) is 16.5 Å². The molecule has 5 heteroatoms. The second-order valence-corrected chi connectivity index (χ2v) is 9.93. The fourth-order valence-electron chi connectivity index (χ4n) is 4.98. The Bertz CT molecular complexity index is 993. The van der Waals surface area contributed by atoms with Crippen molar-refractivity contribution in [1.29, 1.82) is 0 Å². The van der Waals surface area contributed by atoms with Gasteiger partial charge in [-0.3, -0.25) is 4.79 Å². The lowest BCUT2D eigenvalue weighted by atomic mass is 9.84. The summed E-state index contributed by atoms with van der Waals surface area (Å²) in [6.07, 6.45) is 2.80. The molecule has 3 heterocycles. The smallest absolute Gasteiger partial charge is 0.289 e. The number of carbonyl (C=O) groups excluding carboxylic acids is 1. The molecule has 0 saturated carbocycles. The van der Waals surface area contributed by atoms with Crippen molar-refractivity contribution in [3.05, 3.63) is 51.5 Å². The summed E-state index contributed by atoms with van der Waals surface area (Å²) >= 11 is 0. The van der Waals surface area contributed by atoms with Crippen LogP contribution in [0, 0.1) is 20.8 Å². The van der Waals surface area contributed by atoms with Gasteiger partial charge < -0.3 is 18.8 Å². The number of nitrogens with zero attached hydrogens (tertiary/aromatic N) is 1. The number of benzene rings is 1. The number of hydrogen-bond donors (Lipinski definition) is 0. The lowest BCUT2D eigenvalue weighted by Crippen LogP contribution is -2.48. The predicted octanol–water partition coefficient (Wildman–Crippen LogP) is 5.15. The molecule has 168 valence electrons. The molecule has 2 aliphatic rings. The number of morpholine rings is 1. The van der Waals surface area contributed by atoms with E-state index in [1.165, 1.54) is 27.8 Å². The first-order valence-electron chi connectivity index (χ1n) is 11.4. The monoisotopic (exact) mass is 425 g/mol. The molecule has 1 fully saturated rings. The molecule has 1 aromatic carbocycles. The molecule has 1 aromatic heterocycles. The molecular formula is C26H35NO4. The summed E-state index contributed by atoms with van der Waals surface area (Å²) in [7, 11) is 0. The summed E-state index contributed by atoms with van der Waals surface area (Å²) in [4.78, 5) is 14.8. The highest BCUT2D eigenvalue weighted by atomic mass is 16.5. The van der Waals surface area contributed by atoms with E-state index in [1.54, 1.807) is 0 Å². The van der Waals surface area contributed by atoms with E-state index in [4.69, 9.17) is 13.9 Å². The van der Waals surface area contributed by atoms with E-state index in [0.717, 1.165) is 24.4 Å². The van der Waals surface area contributed by atoms with E-state index < -0.39 is 0 Å². The largest absolute Gasteiger partial charge is 0.487 e. The number of ether oxygens (including phenoxy) is 2. The van der Waals surface area contributed by atoms with Crippen LogP contribution in [0.4, 0.5) is 0 Å². The van der Waals surface area contributed by atoms with Crippen molar-refractivity contribution in [3.8, 4) is 5.75 Å². The zero-order valence-corrected chi connectivity index (χ0v) is 19.9. The minimum Gasteiger partial charge on any atom is -0.487 e. The summed E-state index contributed by atoms with van der Waals surface area (Å²) in [6, 6.07) is 3.75. The second kappa shape index (κ2) is 8.01. The summed E-state index contributed by atoms with van der Waals surface area (Å²) in [5, 5.41) is 0.